The molecule has 0 radical (unpaired) electrons. The maximum atomic E-state index is 12.2. The first-order chi connectivity index (χ1) is 15.1. The first-order valence-electron chi connectivity index (χ1n) is 11.3. The van der Waals surface area contributed by atoms with Gasteiger partial charge < -0.3 is 25.2 Å². The molecule has 0 atom stereocenters. The Morgan fingerprint density at radius 2 is 1.00 bits per heavy atom. The van der Waals surface area contributed by atoms with Gasteiger partial charge in [-0.15, -0.1) is 0 Å². The van der Waals surface area contributed by atoms with Gasteiger partial charge in [0.25, 0.3) is 11.8 Å². The first kappa shape index (κ1) is 21.3. The molecule has 0 unspecified atom stereocenters. The van der Waals surface area contributed by atoms with E-state index in [0.29, 0.717) is 24.6 Å². The smallest absolute Gasteiger partial charge is 0.279 e. The number of rotatable bonds is 8. The third-order valence-electron chi connectivity index (χ3n) is 5.95. The molecule has 2 fully saturated rings. The number of anilines is 2. The standard InChI is InChI=1S/C24H30N4O3/c29-23(17-27-13-1-2-14-27)25-19-5-9-21(10-6-19)31-22-11-7-20(8-12-22)26-24(30)18-28-15-3-4-16-28/h5-12H,1-4,13-18H2,(H,25,29)(H,26,30)/p+2. The van der Waals surface area contributed by atoms with Crippen molar-refractivity contribution in [1.29, 1.82) is 0 Å². The van der Waals surface area contributed by atoms with Gasteiger partial charge in [-0.2, -0.15) is 0 Å². The van der Waals surface area contributed by atoms with Gasteiger partial charge in [-0.3, -0.25) is 9.59 Å². The summed E-state index contributed by atoms with van der Waals surface area (Å²) in [6.45, 7) is 5.40. The second-order valence-corrected chi connectivity index (χ2v) is 8.51. The van der Waals surface area contributed by atoms with Crippen molar-refractivity contribution in [2.24, 2.45) is 0 Å². The minimum absolute atomic E-state index is 0.0505. The van der Waals surface area contributed by atoms with Gasteiger partial charge in [-0.05, 0) is 48.5 Å². The molecule has 0 aromatic heterocycles. The van der Waals surface area contributed by atoms with E-state index >= 15 is 0 Å². The van der Waals surface area contributed by atoms with Gasteiger partial charge in [0, 0.05) is 37.1 Å². The third kappa shape index (κ3) is 6.54. The molecule has 164 valence electrons. The van der Waals surface area contributed by atoms with Crippen molar-refractivity contribution >= 4 is 23.2 Å². The molecular formula is C24H32N4O3+2. The van der Waals surface area contributed by atoms with Crippen molar-refractivity contribution in [1.82, 2.24) is 0 Å². The van der Waals surface area contributed by atoms with E-state index in [0.717, 1.165) is 37.6 Å². The molecule has 0 saturated carbocycles. The molecule has 2 aliphatic rings. The molecule has 0 spiro atoms. The highest BCUT2D eigenvalue weighted by atomic mass is 16.5. The minimum Gasteiger partial charge on any atom is -0.457 e. The zero-order valence-electron chi connectivity index (χ0n) is 17.9. The van der Waals surface area contributed by atoms with Gasteiger partial charge >= 0.3 is 0 Å². The second-order valence-electron chi connectivity index (χ2n) is 8.51. The molecule has 31 heavy (non-hydrogen) atoms. The fourth-order valence-electron chi connectivity index (χ4n) is 4.32. The van der Waals surface area contributed by atoms with E-state index in [4.69, 9.17) is 4.74 Å². The average Bonchev–Trinajstić information content (AvgIpc) is 3.45. The van der Waals surface area contributed by atoms with E-state index in [-0.39, 0.29) is 11.8 Å². The van der Waals surface area contributed by atoms with Gasteiger partial charge in [0.15, 0.2) is 13.1 Å². The molecule has 7 nitrogen and oxygen atoms in total. The Morgan fingerprint density at radius 1 is 0.645 bits per heavy atom. The van der Waals surface area contributed by atoms with E-state index in [1.54, 1.807) is 0 Å². The molecule has 0 bridgehead atoms. The lowest BCUT2D eigenvalue weighted by atomic mass is 10.2. The van der Waals surface area contributed by atoms with Gasteiger partial charge in [0.1, 0.15) is 11.5 Å². The highest BCUT2D eigenvalue weighted by Crippen LogP contribution is 2.24. The first-order valence-corrected chi connectivity index (χ1v) is 11.3. The summed E-state index contributed by atoms with van der Waals surface area (Å²) in [5, 5.41) is 5.91. The van der Waals surface area contributed by atoms with Crippen LogP contribution in [0, 0.1) is 0 Å². The van der Waals surface area contributed by atoms with Crippen LogP contribution >= 0.6 is 0 Å². The van der Waals surface area contributed by atoms with Crippen LogP contribution in [0.15, 0.2) is 48.5 Å². The summed E-state index contributed by atoms with van der Waals surface area (Å²) in [5.41, 5.74) is 1.54. The SMILES string of the molecule is O=C(C[NH+]1CCCC1)Nc1ccc(Oc2ccc(NC(=O)C[NH+]3CCCC3)cc2)cc1. The maximum Gasteiger partial charge on any atom is 0.279 e. The number of likely N-dealkylation sites (tertiary alicyclic amines) is 2. The maximum absolute atomic E-state index is 12.2. The van der Waals surface area contributed by atoms with Crippen LogP contribution in [0.2, 0.25) is 0 Å². The fourth-order valence-corrected chi connectivity index (χ4v) is 4.32. The highest BCUT2D eigenvalue weighted by Gasteiger charge is 2.19. The number of hydrogen-bond acceptors (Lipinski definition) is 3. The molecule has 2 saturated heterocycles. The predicted octanol–water partition coefficient (Wildman–Crippen LogP) is 0.713. The third-order valence-corrected chi connectivity index (χ3v) is 5.95. The number of carbonyl (C=O) groups is 2. The zero-order chi connectivity index (χ0) is 21.5. The number of ether oxygens (including phenoxy) is 1. The molecule has 2 amide bonds. The molecule has 0 aliphatic carbocycles. The lowest BCUT2D eigenvalue weighted by molar-refractivity contribution is -0.878. The normalized spacial score (nSPS) is 16.9. The topological polar surface area (TPSA) is 76.3 Å². The van der Waals surface area contributed by atoms with Crippen molar-refractivity contribution in [2.45, 2.75) is 25.7 Å². The summed E-state index contributed by atoms with van der Waals surface area (Å²) in [5.74, 6) is 1.49. The van der Waals surface area contributed by atoms with Crippen LogP contribution in [-0.2, 0) is 9.59 Å². The second kappa shape index (κ2) is 10.4. The fraction of sp³-hybridized carbons (Fsp3) is 0.417. The lowest BCUT2D eigenvalue weighted by Gasteiger charge is -2.13. The highest BCUT2D eigenvalue weighted by molar-refractivity contribution is 5.92. The number of benzene rings is 2. The molecule has 2 heterocycles. The van der Waals surface area contributed by atoms with Gasteiger partial charge in [0.2, 0.25) is 0 Å². The summed E-state index contributed by atoms with van der Waals surface area (Å²) in [4.78, 5) is 27.0. The van der Waals surface area contributed by atoms with Crippen LogP contribution in [-0.4, -0.2) is 51.1 Å². The molecule has 2 aromatic rings. The Balaban J connectivity index is 1.24. The minimum atomic E-state index is 0.0505. The Bertz CT molecular complexity index is 797. The van der Waals surface area contributed by atoms with Crippen molar-refractivity contribution in [3.05, 3.63) is 48.5 Å². The van der Waals surface area contributed by atoms with Crippen molar-refractivity contribution in [3.8, 4) is 11.5 Å². The summed E-state index contributed by atoms with van der Waals surface area (Å²) in [7, 11) is 0. The van der Waals surface area contributed by atoms with Gasteiger partial charge in [-0.25, -0.2) is 0 Å². The van der Waals surface area contributed by atoms with Crippen molar-refractivity contribution < 1.29 is 24.1 Å². The predicted molar refractivity (Wildman–Crippen MR) is 120 cm³/mol. The molecule has 4 N–H and O–H groups in total. The van der Waals surface area contributed by atoms with E-state index < -0.39 is 0 Å². The van der Waals surface area contributed by atoms with E-state index in [2.05, 4.69) is 10.6 Å². The Morgan fingerprint density at radius 3 is 1.35 bits per heavy atom. The summed E-state index contributed by atoms with van der Waals surface area (Å²) in [6, 6.07) is 14.8. The lowest BCUT2D eigenvalue weighted by Crippen LogP contribution is -3.11. The Hall–Kier alpha value is -2.90. The molecule has 2 aromatic carbocycles. The number of carbonyl (C=O) groups excluding carboxylic acids is 2. The van der Waals surface area contributed by atoms with Crippen molar-refractivity contribution in [3.63, 3.8) is 0 Å². The summed E-state index contributed by atoms with van der Waals surface area (Å²) >= 11 is 0. The van der Waals surface area contributed by atoms with Crippen LogP contribution in [0.4, 0.5) is 11.4 Å². The number of hydrogen-bond donors (Lipinski definition) is 4. The van der Waals surface area contributed by atoms with Crippen LogP contribution < -0.4 is 25.2 Å². The Labute approximate surface area is 183 Å². The van der Waals surface area contributed by atoms with Gasteiger partial charge in [-0.1, -0.05) is 0 Å². The van der Waals surface area contributed by atoms with Crippen LogP contribution in [0.25, 0.3) is 0 Å². The number of amides is 2. The Kier molecular flexibility index (Phi) is 7.17. The van der Waals surface area contributed by atoms with Crippen molar-refractivity contribution in [2.75, 3.05) is 49.9 Å². The molecule has 4 rings (SSSR count). The van der Waals surface area contributed by atoms with Crippen LogP contribution in [0.1, 0.15) is 25.7 Å². The zero-order valence-corrected chi connectivity index (χ0v) is 17.9. The van der Waals surface area contributed by atoms with E-state index in [1.165, 1.54) is 35.5 Å². The van der Waals surface area contributed by atoms with E-state index in [9.17, 15) is 9.59 Å². The summed E-state index contributed by atoms with van der Waals surface area (Å²) < 4.78 is 5.88. The largest absolute Gasteiger partial charge is 0.457 e. The van der Waals surface area contributed by atoms with E-state index in [1.807, 2.05) is 48.5 Å². The number of nitrogens with one attached hydrogen (secondary N) is 4. The monoisotopic (exact) mass is 424 g/mol. The molecule has 7 heteroatoms. The quantitative estimate of drug-likeness (QED) is 0.504. The van der Waals surface area contributed by atoms with Crippen LogP contribution in [0.3, 0.4) is 0 Å². The average molecular weight is 425 g/mol. The van der Waals surface area contributed by atoms with Crippen LogP contribution in [0.5, 0.6) is 11.5 Å². The van der Waals surface area contributed by atoms with Gasteiger partial charge in [0.05, 0.1) is 26.2 Å². The molecular weight excluding hydrogens is 392 g/mol. The number of quaternary nitrogens is 2. The summed E-state index contributed by atoms with van der Waals surface area (Å²) in [6.07, 6.45) is 4.84. The molecule has 2 aliphatic heterocycles.